The number of benzene rings is 2. The highest BCUT2D eigenvalue weighted by molar-refractivity contribution is 6.43. The summed E-state index contributed by atoms with van der Waals surface area (Å²) in [6.45, 7) is 8.36. The number of hydrogen-bond acceptors (Lipinski definition) is 8. The number of hydrogen-bond donors (Lipinski definition) is 3. The van der Waals surface area contributed by atoms with E-state index in [2.05, 4.69) is 24.5 Å². The van der Waals surface area contributed by atoms with Gasteiger partial charge in [0.1, 0.15) is 0 Å². The Morgan fingerprint density at radius 2 is 1.19 bits per heavy atom. The van der Waals surface area contributed by atoms with Gasteiger partial charge in [0.25, 0.3) is 11.8 Å². The maximum Gasteiger partial charge on any atom is 0.292 e. The van der Waals surface area contributed by atoms with Gasteiger partial charge in [0.15, 0.2) is 23.0 Å². The molecule has 10 heteroatoms. The summed E-state index contributed by atoms with van der Waals surface area (Å²) in [6, 6.07) is 9.00. The SMILES string of the molecule is CCCC(CCC)NC(=O)C(=O)c1ccc(O)c(OC)c1.CCCC(CCC)NC(=O)C(=O)c1ccc2c(c1)OCO2. The number of carbonyl (C=O) groups is 4. The Labute approximate surface area is 248 Å². The highest BCUT2D eigenvalue weighted by Gasteiger charge is 2.23. The molecule has 2 aromatic rings. The fraction of sp³-hybridized carbons (Fsp3) is 0.500. The summed E-state index contributed by atoms with van der Waals surface area (Å²) >= 11 is 0. The lowest BCUT2D eigenvalue weighted by Crippen LogP contribution is -2.39. The molecule has 0 atom stereocenters. The van der Waals surface area contributed by atoms with Gasteiger partial charge in [0.05, 0.1) is 7.11 Å². The van der Waals surface area contributed by atoms with Crippen LogP contribution in [0.3, 0.4) is 0 Å². The van der Waals surface area contributed by atoms with Crippen molar-refractivity contribution in [2.75, 3.05) is 13.9 Å². The fourth-order valence-corrected chi connectivity index (χ4v) is 4.59. The largest absolute Gasteiger partial charge is 0.504 e. The number of amides is 2. The lowest BCUT2D eigenvalue weighted by molar-refractivity contribution is -0.118. The molecule has 3 rings (SSSR count). The third kappa shape index (κ3) is 10.1. The molecule has 42 heavy (non-hydrogen) atoms. The number of Topliss-reactive ketones (excluding diaryl/α,β-unsaturated/α-hetero) is 2. The zero-order valence-corrected chi connectivity index (χ0v) is 25.3. The average molecular weight is 585 g/mol. The predicted octanol–water partition coefficient (Wildman–Crippen LogP) is 5.35. The molecule has 2 aromatic carbocycles. The summed E-state index contributed by atoms with van der Waals surface area (Å²) in [6.07, 6.45) is 7.32. The molecule has 0 aromatic heterocycles. The summed E-state index contributed by atoms with van der Waals surface area (Å²) in [5, 5.41) is 15.1. The van der Waals surface area contributed by atoms with Crippen LogP contribution in [0.15, 0.2) is 36.4 Å². The third-order valence-electron chi connectivity index (χ3n) is 6.71. The van der Waals surface area contributed by atoms with E-state index in [1.54, 1.807) is 18.2 Å². The lowest BCUT2D eigenvalue weighted by Gasteiger charge is -2.16. The predicted molar refractivity (Wildman–Crippen MR) is 159 cm³/mol. The van der Waals surface area contributed by atoms with Crippen molar-refractivity contribution in [3.63, 3.8) is 0 Å². The first-order valence-electron chi connectivity index (χ1n) is 14.7. The smallest absolute Gasteiger partial charge is 0.292 e. The molecule has 0 bridgehead atoms. The molecule has 1 aliphatic heterocycles. The molecular formula is C32H44N2O8. The van der Waals surface area contributed by atoms with E-state index in [0.717, 1.165) is 51.4 Å². The van der Waals surface area contributed by atoms with E-state index in [-0.39, 0.29) is 35.9 Å². The number of rotatable bonds is 15. The Hall–Kier alpha value is -4.08. The van der Waals surface area contributed by atoms with Gasteiger partial charge < -0.3 is 30.0 Å². The molecule has 0 radical (unpaired) electrons. The molecule has 0 saturated heterocycles. The second kappa shape index (κ2) is 17.7. The van der Waals surface area contributed by atoms with E-state index >= 15 is 0 Å². The van der Waals surface area contributed by atoms with Crippen LogP contribution in [0.25, 0.3) is 0 Å². The minimum Gasteiger partial charge on any atom is -0.504 e. The van der Waals surface area contributed by atoms with Crippen molar-refractivity contribution in [2.45, 2.75) is 91.1 Å². The summed E-state index contributed by atoms with van der Waals surface area (Å²) < 4.78 is 15.3. The van der Waals surface area contributed by atoms with Crippen LogP contribution in [-0.4, -0.2) is 54.5 Å². The number of ketones is 2. The van der Waals surface area contributed by atoms with Crippen LogP contribution in [-0.2, 0) is 9.59 Å². The number of methoxy groups -OCH3 is 1. The van der Waals surface area contributed by atoms with E-state index in [9.17, 15) is 24.3 Å². The molecule has 0 spiro atoms. The number of fused-ring (bicyclic) bond motifs is 1. The summed E-state index contributed by atoms with van der Waals surface area (Å²) in [5.41, 5.74) is 0.525. The van der Waals surface area contributed by atoms with Gasteiger partial charge in [-0.25, -0.2) is 0 Å². The topological polar surface area (TPSA) is 140 Å². The number of phenols is 1. The normalized spacial score (nSPS) is 11.5. The Balaban J connectivity index is 0.000000293. The van der Waals surface area contributed by atoms with Crippen LogP contribution in [0.1, 0.15) is 99.8 Å². The van der Waals surface area contributed by atoms with Gasteiger partial charge in [-0.3, -0.25) is 19.2 Å². The third-order valence-corrected chi connectivity index (χ3v) is 6.71. The van der Waals surface area contributed by atoms with E-state index in [1.165, 1.54) is 25.3 Å². The van der Waals surface area contributed by atoms with Gasteiger partial charge in [-0.05, 0) is 62.1 Å². The Morgan fingerprint density at radius 1 is 0.738 bits per heavy atom. The minimum atomic E-state index is -0.620. The summed E-state index contributed by atoms with van der Waals surface area (Å²) in [7, 11) is 1.39. The van der Waals surface area contributed by atoms with Crippen molar-refractivity contribution in [2.24, 2.45) is 0 Å². The molecule has 10 nitrogen and oxygen atoms in total. The monoisotopic (exact) mass is 584 g/mol. The minimum absolute atomic E-state index is 0.0236. The Kier molecular flexibility index (Phi) is 14.4. The summed E-state index contributed by atoms with van der Waals surface area (Å²) in [5.74, 6) is -1.11. The van der Waals surface area contributed by atoms with Gasteiger partial charge in [-0.15, -0.1) is 0 Å². The van der Waals surface area contributed by atoms with Crippen LogP contribution in [0, 0.1) is 0 Å². The maximum absolute atomic E-state index is 12.2. The second-order valence-electron chi connectivity index (χ2n) is 10.1. The van der Waals surface area contributed by atoms with Crippen molar-refractivity contribution >= 4 is 23.4 Å². The molecule has 0 unspecified atom stereocenters. The van der Waals surface area contributed by atoms with Gasteiger partial charge in [-0.1, -0.05) is 53.4 Å². The Morgan fingerprint density at radius 3 is 1.67 bits per heavy atom. The van der Waals surface area contributed by atoms with Gasteiger partial charge in [-0.2, -0.15) is 0 Å². The van der Waals surface area contributed by atoms with Gasteiger partial charge in [0.2, 0.25) is 18.4 Å². The molecule has 2 amide bonds. The van der Waals surface area contributed by atoms with E-state index in [0.29, 0.717) is 17.1 Å². The zero-order valence-electron chi connectivity index (χ0n) is 25.3. The highest BCUT2D eigenvalue weighted by atomic mass is 16.7. The fourth-order valence-electron chi connectivity index (χ4n) is 4.59. The zero-order chi connectivity index (χ0) is 31.1. The first-order chi connectivity index (χ1) is 20.2. The molecule has 0 aliphatic carbocycles. The molecule has 230 valence electrons. The number of ether oxygens (including phenoxy) is 3. The van der Waals surface area contributed by atoms with E-state index in [1.807, 2.05) is 13.8 Å². The lowest BCUT2D eigenvalue weighted by atomic mass is 10.1. The van der Waals surface area contributed by atoms with Crippen LogP contribution in [0.2, 0.25) is 0 Å². The highest BCUT2D eigenvalue weighted by Crippen LogP contribution is 2.32. The second-order valence-corrected chi connectivity index (χ2v) is 10.1. The average Bonchev–Trinajstić information content (AvgIpc) is 3.45. The molecule has 0 saturated carbocycles. The van der Waals surface area contributed by atoms with Crippen molar-refractivity contribution < 1.29 is 38.5 Å². The maximum atomic E-state index is 12.2. The molecule has 1 heterocycles. The molecule has 3 N–H and O–H groups in total. The van der Waals surface area contributed by atoms with E-state index < -0.39 is 23.4 Å². The van der Waals surface area contributed by atoms with Crippen LogP contribution in [0.4, 0.5) is 0 Å². The van der Waals surface area contributed by atoms with Gasteiger partial charge in [0, 0.05) is 23.2 Å². The molecular weight excluding hydrogens is 540 g/mol. The van der Waals surface area contributed by atoms with Gasteiger partial charge >= 0.3 is 0 Å². The molecule has 1 aliphatic rings. The number of nitrogens with one attached hydrogen (secondary N) is 2. The van der Waals surface area contributed by atoms with Crippen molar-refractivity contribution in [3.8, 4) is 23.0 Å². The van der Waals surface area contributed by atoms with Crippen LogP contribution in [0.5, 0.6) is 23.0 Å². The quantitative estimate of drug-likeness (QED) is 0.188. The molecule has 0 fully saturated rings. The van der Waals surface area contributed by atoms with E-state index in [4.69, 9.17) is 14.2 Å². The Bertz CT molecular complexity index is 1150. The summed E-state index contributed by atoms with van der Waals surface area (Å²) in [4.78, 5) is 48.4. The standard InChI is InChI=1S/C16H21NO4.C16H23NO4/c1-3-5-12(6-4-2)17-16(19)15(18)11-7-8-13-14(9-11)21-10-20-13;1-4-6-12(7-5-2)17-16(20)15(19)11-8-9-13(18)14(10-11)21-3/h7-9,12H,3-6,10H2,1-2H3,(H,17,19);8-10,12,18H,4-7H2,1-3H3,(H,17,20). The number of phenolic OH excluding ortho intramolecular Hbond substituents is 1. The number of aromatic hydroxyl groups is 1. The number of carbonyl (C=O) groups excluding carboxylic acids is 4. The van der Waals surface area contributed by atoms with Crippen LogP contribution < -0.4 is 24.8 Å². The first-order valence-corrected chi connectivity index (χ1v) is 14.7. The van der Waals surface area contributed by atoms with Crippen molar-refractivity contribution in [1.82, 2.24) is 10.6 Å². The van der Waals surface area contributed by atoms with Crippen molar-refractivity contribution in [3.05, 3.63) is 47.5 Å². The first kappa shape index (κ1) is 34.1. The van der Waals surface area contributed by atoms with Crippen molar-refractivity contribution in [1.29, 1.82) is 0 Å². The van der Waals surface area contributed by atoms with Crippen LogP contribution >= 0.6 is 0 Å².